The zero-order valence-corrected chi connectivity index (χ0v) is 6.59. The first-order valence-electron chi connectivity index (χ1n) is 2.93. The maximum atomic E-state index is 3.72. The zero-order valence-electron chi connectivity index (χ0n) is 5.77. The average molecular weight is 138 g/mol. The van der Waals surface area contributed by atoms with E-state index in [0.29, 0.717) is 0 Å². The van der Waals surface area contributed by atoms with Gasteiger partial charge in [-0.3, -0.25) is 0 Å². The minimum absolute atomic E-state index is 1.30. The van der Waals surface area contributed by atoms with Crippen LogP contribution in [0.25, 0.3) is 6.08 Å². The average Bonchev–Trinajstić information content (AvgIpc) is 2.10. The maximum absolute atomic E-state index is 3.72. The van der Waals surface area contributed by atoms with Crippen LogP contribution in [0.3, 0.4) is 0 Å². The molecule has 0 amide bonds. The van der Waals surface area contributed by atoms with Gasteiger partial charge in [-0.2, -0.15) is 0 Å². The van der Waals surface area contributed by atoms with Crippen molar-refractivity contribution in [3.63, 3.8) is 0 Å². The van der Waals surface area contributed by atoms with E-state index in [-0.39, 0.29) is 0 Å². The van der Waals surface area contributed by atoms with Gasteiger partial charge in [-0.15, -0.1) is 11.3 Å². The second-order valence-corrected chi connectivity index (χ2v) is 3.40. The SMILES string of the molecule is C=Cc1sc(C)cc1C. The molecular formula is C8H10S. The standard InChI is InChI=1S/C8H10S/c1-4-8-6(2)5-7(3)9-8/h4-5H,1H2,2-3H3. The lowest BCUT2D eigenvalue weighted by Gasteiger charge is -1.82. The fourth-order valence-corrected chi connectivity index (χ4v) is 1.75. The fourth-order valence-electron chi connectivity index (χ4n) is 0.862. The molecule has 0 aliphatic heterocycles. The van der Waals surface area contributed by atoms with Gasteiger partial charge in [-0.05, 0) is 25.5 Å². The molecule has 0 saturated heterocycles. The van der Waals surface area contributed by atoms with Crippen LogP contribution < -0.4 is 0 Å². The highest BCUT2D eigenvalue weighted by Gasteiger charge is 1.95. The van der Waals surface area contributed by atoms with Gasteiger partial charge in [0.25, 0.3) is 0 Å². The molecule has 0 nitrogen and oxygen atoms in total. The number of thiophene rings is 1. The summed E-state index contributed by atoms with van der Waals surface area (Å²) < 4.78 is 0. The predicted molar refractivity (Wildman–Crippen MR) is 43.9 cm³/mol. The lowest BCUT2D eigenvalue weighted by Crippen LogP contribution is -1.63. The summed E-state index contributed by atoms with van der Waals surface area (Å²) in [4.78, 5) is 2.66. The van der Waals surface area contributed by atoms with Crippen LogP contribution in [0.15, 0.2) is 12.6 Å². The predicted octanol–water partition coefficient (Wildman–Crippen LogP) is 3.01. The molecule has 1 rings (SSSR count). The van der Waals surface area contributed by atoms with Crippen molar-refractivity contribution in [2.24, 2.45) is 0 Å². The lowest BCUT2D eigenvalue weighted by molar-refractivity contribution is 1.50. The van der Waals surface area contributed by atoms with Gasteiger partial charge in [0.2, 0.25) is 0 Å². The largest absolute Gasteiger partial charge is 0.141 e. The van der Waals surface area contributed by atoms with E-state index in [4.69, 9.17) is 0 Å². The first-order chi connectivity index (χ1) is 4.24. The minimum atomic E-state index is 1.30. The van der Waals surface area contributed by atoms with E-state index in [1.54, 1.807) is 11.3 Å². The monoisotopic (exact) mass is 138 g/mol. The Bertz CT molecular complexity index is 220. The van der Waals surface area contributed by atoms with E-state index in [1.165, 1.54) is 15.3 Å². The van der Waals surface area contributed by atoms with E-state index in [2.05, 4.69) is 26.5 Å². The van der Waals surface area contributed by atoms with Crippen molar-refractivity contribution < 1.29 is 0 Å². The second kappa shape index (κ2) is 2.36. The molecule has 48 valence electrons. The Morgan fingerprint density at radius 3 is 2.44 bits per heavy atom. The van der Waals surface area contributed by atoms with Gasteiger partial charge in [0.1, 0.15) is 0 Å². The summed E-state index contributed by atoms with van der Waals surface area (Å²) in [6.07, 6.45) is 1.91. The van der Waals surface area contributed by atoms with Gasteiger partial charge < -0.3 is 0 Å². The Morgan fingerprint density at radius 1 is 1.56 bits per heavy atom. The molecule has 0 aromatic carbocycles. The minimum Gasteiger partial charge on any atom is -0.141 e. The summed E-state index contributed by atoms with van der Waals surface area (Å²) in [6.45, 7) is 7.94. The topological polar surface area (TPSA) is 0 Å². The zero-order chi connectivity index (χ0) is 6.85. The molecule has 1 aromatic rings. The van der Waals surface area contributed by atoms with Gasteiger partial charge >= 0.3 is 0 Å². The number of hydrogen-bond donors (Lipinski definition) is 0. The van der Waals surface area contributed by atoms with Crippen molar-refractivity contribution in [2.45, 2.75) is 13.8 Å². The number of hydrogen-bond acceptors (Lipinski definition) is 1. The smallest absolute Gasteiger partial charge is 0.0296 e. The van der Waals surface area contributed by atoms with Crippen LogP contribution >= 0.6 is 11.3 Å². The van der Waals surface area contributed by atoms with Gasteiger partial charge in [0.15, 0.2) is 0 Å². The first kappa shape index (κ1) is 6.56. The van der Waals surface area contributed by atoms with Crippen molar-refractivity contribution in [1.29, 1.82) is 0 Å². The van der Waals surface area contributed by atoms with Crippen LogP contribution in [0.4, 0.5) is 0 Å². The van der Waals surface area contributed by atoms with Crippen molar-refractivity contribution in [3.8, 4) is 0 Å². The highest BCUT2D eigenvalue weighted by molar-refractivity contribution is 7.13. The van der Waals surface area contributed by atoms with E-state index >= 15 is 0 Å². The van der Waals surface area contributed by atoms with E-state index in [1.807, 2.05) is 6.08 Å². The molecule has 1 heteroatoms. The Balaban J connectivity index is 3.15. The highest BCUT2D eigenvalue weighted by atomic mass is 32.1. The summed E-state index contributed by atoms with van der Waals surface area (Å²) in [7, 11) is 0. The summed E-state index contributed by atoms with van der Waals surface area (Å²) in [6, 6.07) is 2.18. The van der Waals surface area contributed by atoms with E-state index in [9.17, 15) is 0 Å². The second-order valence-electron chi connectivity index (χ2n) is 2.11. The Labute approximate surface area is 59.8 Å². The van der Waals surface area contributed by atoms with Gasteiger partial charge in [0.05, 0.1) is 0 Å². The van der Waals surface area contributed by atoms with Gasteiger partial charge in [-0.1, -0.05) is 12.7 Å². The molecule has 0 saturated carbocycles. The molecule has 0 aliphatic carbocycles. The Kier molecular flexibility index (Phi) is 1.72. The fraction of sp³-hybridized carbons (Fsp3) is 0.250. The van der Waals surface area contributed by atoms with Crippen LogP contribution in [0.2, 0.25) is 0 Å². The van der Waals surface area contributed by atoms with Crippen LogP contribution in [-0.4, -0.2) is 0 Å². The molecule has 0 spiro atoms. The molecule has 0 unspecified atom stereocenters. The summed E-state index contributed by atoms with van der Waals surface area (Å²) >= 11 is 1.80. The van der Waals surface area contributed by atoms with Crippen molar-refractivity contribution in [1.82, 2.24) is 0 Å². The van der Waals surface area contributed by atoms with Crippen LogP contribution in [0, 0.1) is 13.8 Å². The molecule has 0 atom stereocenters. The lowest BCUT2D eigenvalue weighted by atomic mass is 10.3. The normalized spacial score (nSPS) is 9.56. The van der Waals surface area contributed by atoms with Crippen LogP contribution in [-0.2, 0) is 0 Å². The van der Waals surface area contributed by atoms with Gasteiger partial charge in [0, 0.05) is 9.75 Å². The molecular weight excluding hydrogens is 128 g/mol. The Morgan fingerprint density at radius 2 is 2.22 bits per heavy atom. The highest BCUT2D eigenvalue weighted by Crippen LogP contribution is 2.21. The third kappa shape index (κ3) is 1.22. The molecule has 0 radical (unpaired) electrons. The van der Waals surface area contributed by atoms with E-state index in [0.717, 1.165) is 0 Å². The third-order valence-electron chi connectivity index (χ3n) is 1.26. The molecule has 1 heterocycles. The molecule has 9 heavy (non-hydrogen) atoms. The van der Waals surface area contributed by atoms with Crippen LogP contribution in [0.5, 0.6) is 0 Å². The van der Waals surface area contributed by atoms with Crippen LogP contribution in [0.1, 0.15) is 15.3 Å². The molecule has 0 bridgehead atoms. The molecule has 0 aliphatic rings. The molecule has 0 N–H and O–H groups in total. The first-order valence-corrected chi connectivity index (χ1v) is 3.75. The number of aryl methyl sites for hydroxylation is 2. The van der Waals surface area contributed by atoms with E-state index < -0.39 is 0 Å². The quantitative estimate of drug-likeness (QED) is 0.559. The summed E-state index contributed by atoms with van der Waals surface area (Å²) in [5.74, 6) is 0. The summed E-state index contributed by atoms with van der Waals surface area (Å²) in [5.41, 5.74) is 1.34. The third-order valence-corrected chi connectivity index (χ3v) is 2.41. The van der Waals surface area contributed by atoms with Crippen molar-refractivity contribution in [3.05, 3.63) is 28.0 Å². The Hall–Kier alpha value is -0.560. The van der Waals surface area contributed by atoms with Crippen molar-refractivity contribution in [2.75, 3.05) is 0 Å². The van der Waals surface area contributed by atoms with Gasteiger partial charge in [-0.25, -0.2) is 0 Å². The summed E-state index contributed by atoms with van der Waals surface area (Å²) in [5, 5.41) is 0. The molecule has 1 aromatic heterocycles. The maximum Gasteiger partial charge on any atom is 0.0296 e. The van der Waals surface area contributed by atoms with Crippen molar-refractivity contribution >= 4 is 17.4 Å². The molecule has 0 fully saturated rings. The number of rotatable bonds is 1.